The monoisotopic (exact) mass is 222 g/mol. The van der Waals surface area contributed by atoms with Crippen molar-refractivity contribution in [3.63, 3.8) is 0 Å². The SMILES string of the molecule is CNC(=O)/C(=N\OCCO)c1ccccc1. The molecular weight excluding hydrogens is 208 g/mol. The Morgan fingerprint density at radius 3 is 2.69 bits per heavy atom. The molecule has 0 aliphatic carbocycles. The van der Waals surface area contributed by atoms with Gasteiger partial charge in [0.25, 0.3) is 5.91 Å². The molecule has 5 heteroatoms. The molecule has 0 atom stereocenters. The van der Waals surface area contributed by atoms with Crippen LogP contribution in [-0.2, 0) is 9.63 Å². The maximum atomic E-state index is 11.5. The van der Waals surface area contributed by atoms with E-state index in [4.69, 9.17) is 9.94 Å². The quantitative estimate of drug-likeness (QED) is 0.423. The first-order chi connectivity index (χ1) is 7.79. The van der Waals surface area contributed by atoms with Gasteiger partial charge in [0.1, 0.15) is 6.61 Å². The second kappa shape index (κ2) is 6.58. The Bertz CT molecular complexity index is 363. The lowest BCUT2D eigenvalue weighted by atomic mass is 10.1. The summed E-state index contributed by atoms with van der Waals surface area (Å²) in [6.07, 6.45) is 0. The zero-order chi connectivity index (χ0) is 11.8. The lowest BCUT2D eigenvalue weighted by Crippen LogP contribution is -2.28. The van der Waals surface area contributed by atoms with Gasteiger partial charge in [-0.05, 0) is 0 Å². The Labute approximate surface area is 93.7 Å². The van der Waals surface area contributed by atoms with E-state index in [0.717, 1.165) is 0 Å². The normalized spacial score (nSPS) is 11.0. The van der Waals surface area contributed by atoms with Crippen molar-refractivity contribution in [1.29, 1.82) is 0 Å². The van der Waals surface area contributed by atoms with Gasteiger partial charge in [0, 0.05) is 12.6 Å². The van der Waals surface area contributed by atoms with Crippen LogP contribution in [0.15, 0.2) is 35.5 Å². The summed E-state index contributed by atoms with van der Waals surface area (Å²) in [6.45, 7) is -0.0767. The number of carbonyl (C=O) groups excluding carboxylic acids is 1. The van der Waals surface area contributed by atoms with E-state index in [0.29, 0.717) is 5.56 Å². The molecule has 0 aliphatic heterocycles. The average Bonchev–Trinajstić information content (AvgIpc) is 2.35. The maximum absolute atomic E-state index is 11.5. The zero-order valence-electron chi connectivity index (χ0n) is 9.01. The van der Waals surface area contributed by atoms with Crippen molar-refractivity contribution in [2.24, 2.45) is 5.16 Å². The fraction of sp³-hybridized carbons (Fsp3) is 0.273. The van der Waals surface area contributed by atoms with Crippen LogP contribution in [0.5, 0.6) is 0 Å². The summed E-state index contributed by atoms with van der Waals surface area (Å²) in [5.41, 5.74) is 0.858. The highest BCUT2D eigenvalue weighted by Gasteiger charge is 2.12. The van der Waals surface area contributed by atoms with Crippen LogP contribution in [0.1, 0.15) is 5.56 Å². The number of rotatable bonds is 5. The van der Waals surface area contributed by atoms with Crippen molar-refractivity contribution in [2.75, 3.05) is 20.3 Å². The smallest absolute Gasteiger partial charge is 0.273 e. The van der Waals surface area contributed by atoms with Gasteiger partial charge in [0.2, 0.25) is 0 Å². The number of nitrogens with zero attached hydrogens (tertiary/aromatic N) is 1. The molecule has 0 saturated heterocycles. The number of hydrogen-bond donors (Lipinski definition) is 2. The van der Waals surface area contributed by atoms with Gasteiger partial charge in [-0.25, -0.2) is 0 Å². The minimum atomic E-state index is -0.330. The summed E-state index contributed by atoms with van der Waals surface area (Å²) in [4.78, 5) is 16.3. The molecule has 0 heterocycles. The van der Waals surface area contributed by atoms with E-state index >= 15 is 0 Å². The molecule has 0 unspecified atom stereocenters. The molecule has 1 aromatic rings. The molecule has 16 heavy (non-hydrogen) atoms. The fourth-order valence-electron chi connectivity index (χ4n) is 1.09. The van der Waals surface area contributed by atoms with Crippen LogP contribution >= 0.6 is 0 Å². The number of carbonyl (C=O) groups is 1. The number of likely N-dealkylation sites (N-methyl/N-ethyl adjacent to an activating group) is 1. The Kier molecular flexibility index (Phi) is 5.01. The highest BCUT2D eigenvalue weighted by molar-refractivity contribution is 6.45. The van der Waals surface area contributed by atoms with Gasteiger partial charge < -0.3 is 15.3 Å². The van der Waals surface area contributed by atoms with Crippen molar-refractivity contribution in [3.05, 3.63) is 35.9 Å². The Morgan fingerprint density at radius 2 is 2.12 bits per heavy atom. The number of oxime groups is 1. The van der Waals surface area contributed by atoms with E-state index in [-0.39, 0.29) is 24.8 Å². The molecule has 1 amide bonds. The summed E-state index contributed by atoms with van der Waals surface area (Å²) in [5, 5.41) is 14.7. The van der Waals surface area contributed by atoms with Gasteiger partial charge in [0.15, 0.2) is 5.71 Å². The first-order valence-corrected chi connectivity index (χ1v) is 4.88. The molecule has 0 spiro atoms. The van der Waals surface area contributed by atoms with Crippen LogP contribution in [0.2, 0.25) is 0 Å². The van der Waals surface area contributed by atoms with E-state index in [1.165, 1.54) is 7.05 Å². The number of hydrogen-bond acceptors (Lipinski definition) is 4. The van der Waals surface area contributed by atoms with Gasteiger partial charge in [-0.2, -0.15) is 0 Å². The maximum Gasteiger partial charge on any atom is 0.273 e. The molecule has 0 fully saturated rings. The molecule has 1 rings (SSSR count). The highest BCUT2D eigenvalue weighted by atomic mass is 16.6. The van der Waals surface area contributed by atoms with Crippen LogP contribution in [0, 0.1) is 0 Å². The summed E-state index contributed by atoms with van der Waals surface area (Å²) >= 11 is 0. The third kappa shape index (κ3) is 3.36. The van der Waals surface area contributed by atoms with Gasteiger partial charge in [0.05, 0.1) is 6.61 Å². The lowest BCUT2D eigenvalue weighted by Gasteiger charge is -2.04. The van der Waals surface area contributed by atoms with Gasteiger partial charge in [-0.3, -0.25) is 4.79 Å². The van der Waals surface area contributed by atoms with Crippen LogP contribution in [0.3, 0.4) is 0 Å². The van der Waals surface area contributed by atoms with Crippen LogP contribution < -0.4 is 5.32 Å². The first kappa shape index (κ1) is 12.2. The molecule has 0 radical (unpaired) electrons. The standard InChI is InChI=1S/C11H14N2O3/c1-12-11(15)10(13-16-8-7-14)9-5-3-2-4-6-9/h2-6,14H,7-8H2,1H3,(H,12,15)/b13-10-. The largest absolute Gasteiger partial charge is 0.393 e. The molecule has 86 valence electrons. The number of nitrogens with one attached hydrogen (secondary N) is 1. The Hall–Kier alpha value is -1.88. The van der Waals surface area contributed by atoms with E-state index in [2.05, 4.69) is 10.5 Å². The van der Waals surface area contributed by atoms with Gasteiger partial charge in [-0.1, -0.05) is 35.5 Å². The summed E-state index contributed by atoms with van der Waals surface area (Å²) < 4.78 is 0. The second-order valence-electron chi connectivity index (χ2n) is 2.94. The fourth-order valence-corrected chi connectivity index (χ4v) is 1.09. The van der Waals surface area contributed by atoms with Crippen molar-refractivity contribution >= 4 is 11.6 Å². The van der Waals surface area contributed by atoms with Crippen LogP contribution in [0.4, 0.5) is 0 Å². The number of aliphatic hydroxyl groups excluding tert-OH is 1. The first-order valence-electron chi connectivity index (χ1n) is 4.88. The van der Waals surface area contributed by atoms with E-state index in [9.17, 15) is 4.79 Å². The topological polar surface area (TPSA) is 70.9 Å². The number of aliphatic hydroxyl groups is 1. The van der Waals surface area contributed by atoms with Crippen molar-refractivity contribution < 1.29 is 14.7 Å². The third-order valence-electron chi connectivity index (χ3n) is 1.83. The van der Waals surface area contributed by atoms with Crippen LogP contribution in [-0.4, -0.2) is 37.0 Å². The van der Waals surface area contributed by atoms with E-state index < -0.39 is 0 Å². The van der Waals surface area contributed by atoms with E-state index in [1.807, 2.05) is 6.07 Å². The lowest BCUT2D eigenvalue weighted by molar-refractivity contribution is -0.114. The molecule has 0 aromatic heterocycles. The molecule has 0 saturated carbocycles. The number of benzene rings is 1. The molecule has 1 aromatic carbocycles. The minimum Gasteiger partial charge on any atom is -0.393 e. The zero-order valence-corrected chi connectivity index (χ0v) is 9.01. The Balaban J connectivity index is 2.88. The predicted molar refractivity (Wildman–Crippen MR) is 60.1 cm³/mol. The average molecular weight is 222 g/mol. The van der Waals surface area contributed by atoms with E-state index in [1.54, 1.807) is 24.3 Å². The van der Waals surface area contributed by atoms with Gasteiger partial charge in [-0.15, -0.1) is 0 Å². The number of amides is 1. The summed E-state index contributed by atoms with van der Waals surface area (Å²) in [7, 11) is 1.52. The second-order valence-corrected chi connectivity index (χ2v) is 2.94. The molecule has 5 nitrogen and oxygen atoms in total. The molecule has 0 bridgehead atoms. The molecule has 0 aliphatic rings. The third-order valence-corrected chi connectivity index (χ3v) is 1.83. The predicted octanol–water partition coefficient (Wildman–Crippen LogP) is 0.146. The van der Waals surface area contributed by atoms with Crippen molar-refractivity contribution in [2.45, 2.75) is 0 Å². The molecule has 2 N–H and O–H groups in total. The molecular formula is C11H14N2O3. The van der Waals surface area contributed by atoms with Crippen LogP contribution in [0.25, 0.3) is 0 Å². The summed E-state index contributed by atoms with van der Waals surface area (Å²) in [6, 6.07) is 8.98. The highest BCUT2D eigenvalue weighted by Crippen LogP contribution is 2.02. The van der Waals surface area contributed by atoms with Gasteiger partial charge >= 0.3 is 0 Å². The minimum absolute atomic E-state index is 0.0628. The Morgan fingerprint density at radius 1 is 1.44 bits per heavy atom. The van der Waals surface area contributed by atoms with Crippen molar-refractivity contribution in [3.8, 4) is 0 Å². The summed E-state index contributed by atoms with van der Waals surface area (Å²) in [5.74, 6) is -0.330. The van der Waals surface area contributed by atoms with Crippen molar-refractivity contribution in [1.82, 2.24) is 5.32 Å².